The highest BCUT2D eigenvalue weighted by Crippen LogP contribution is 2.22. The second kappa shape index (κ2) is 4.92. The summed E-state index contributed by atoms with van der Waals surface area (Å²) in [7, 11) is 1.92. The first-order valence-electron chi connectivity index (χ1n) is 6.16. The number of likely N-dealkylation sites (N-methyl/N-ethyl adjacent to an activating group) is 1. The van der Waals surface area contributed by atoms with Crippen molar-refractivity contribution in [3.05, 3.63) is 23.2 Å². The summed E-state index contributed by atoms with van der Waals surface area (Å²) in [6.07, 6.45) is 2.15. The van der Waals surface area contributed by atoms with Crippen molar-refractivity contribution in [3.8, 4) is 0 Å². The predicted molar refractivity (Wildman–Crippen MR) is 66.2 cm³/mol. The summed E-state index contributed by atoms with van der Waals surface area (Å²) in [5.41, 5.74) is 0.933. The zero-order valence-corrected chi connectivity index (χ0v) is 10.7. The summed E-state index contributed by atoms with van der Waals surface area (Å²) >= 11 is 0. The van der Waals surface area contributed by atoms with Crippen LogP contribution in [0.2, 0.25) is 0 Å². The zero-order valence-electron chi connectivity index (χ0n) is 10.7. The first-order chi connectivity index (χ1) is 8.13. The van der Waals surface area contributed by atoms with E-state index in [4.69, 9.17) is 4.42 Å². The van der Waals surface area contributed by atoms with E-state index in [-0.39, 0.29) is 5.91 Å². The second-order valence-electron chi connectivity index (χ2n) is 4.72. The van der Waals surface area contributed by atoms with E-state index in [2.05, 4.69) is 5.32 Å². The van der Waals surface area contributed by atoms with Crippen LogP contribution in [0.15, 0.2) is 10.5 Å². The van der Waals surface area contributed by atoms with Crippen LogP contribution in [0.4, 0.5) is 0 Å². The molecule has 17 heavy (non-hydrogen) atoms. The number of furan rings is 1. The molecule has 1 atom stereocenters. The molecule has 1 amide bonds. The van der Waals surface area contributed by atoms with Crippen LogP contribution in [0.1, 0.15) is 34.7 Å². The van der Waals surface area contributed by atoms with E-state index < -0.39 is 0 Å². The van der Waals surface area contributed by atoms with Gasteiger partial charge in [0, 0.05) is 24.7 Å². The Morgan fingerprint density at radius 1 is 1.59 bits per heavy atom. The molecular weight excluding hydrogens is 216 g/mol. The van der Waals surface area contributed by atoms with Gasteiger partial charge in [-0.3, -0.25) is 4.79 Å². The molecule has 0 unspecified atom stereocenters. The molecule has 1 fully saturated rings. The lowest BCUT2D eigenvalue weighted by Crippen LogP contribution is -2.40. The normalized spacial score (nSPS) is 19.9. The lowest BCUT2D eigenvalue weighted by atomic mass is 10.2. The number of amides is 1. The molecule has 4 heteroatoms. The molecule has 1 aliphatic heterocycles. The Labute approximate surface area is 102 Å². The van der Waals surface area contributed by atoms with Crippen LogP contribution < -0.4 is 5.32 Å². The molecule has 0 bridgehead atoms. The largest absolute Gasteiger partial charge is 0.456 e. The number of hydrogen-bond acceptors (Lipinski definition) is 3. The molecule has 4 nitrogen and oxygen atoms in total. The third-order valence-electron chi connectivity index (χ3n) is 3.31. The average Bonchev–Trinajstić information content (AvgIpc) is 2.85. The number of carbonyl (C=O) groups excluding carboxylic acids is 1. The van der Waals surface area contributed by atoms with Gasteiger partial charge in [0.25, 0.3) is 5.91 Å². The van der Waals surface area contributed by atoms with E-state index in [1.807, 2.05) is 31.9 Å². The molecule has 0 saturated carbocycles. The fourth-order valence-electron chi connectivity index (χ4n) is 2.54. The van der Waals surface area contributed by atoms with Gasteiger partial charge in [0.15, 0.2) is 5.76 Å². The minimum Gasteiger partial charge on any atom is -0.456 e. The minimum atomic E-state index is 0.0355. The van der Waals surface area contributed by atoms with Crippen molar-refractivity contribution in [1.29, 1.82) is 0 Å². The minimum absolute atomic E-state index is 0.0355. The SMILES string of the molecule is CNC[C@@H]1CCCN1C(=O)c1oc(C)cc1C. The van der Waals surface area contributed by atoms with Gasteiger partial charge in [-0.25, -0.2) is 0 Å². The highest BCUT2D eigenvalue weighted by molar-refractivity contribution is 5.93. The van der Waals surface area contributed by atoms with Crippen molar-refractivity contribution in [1.82, 2.24) is 10.2 Å². The third-order valence-corrected chi connectivity index (χ3v) is 3.31. The number of nitrogens with zero attached hydrogens (tertiary/aromatic N) is 1. The molecule has 0 aliphatic carbocycles. The molecule has 1 aromatic heterocycles. The monoisotopic (exact) mass is 236 g/mol. The van der Waals surface area contributed by atoms with E-state index >= 15 is 0 Å². The maximum atomic E-state index is 12.4. The quantitative estimate of drug-likeness (QED) is 0.869. The molecule has 1 aliphatic rings. The van der Waals surface area contributed by atoms with E-state index in [1.165, 1.54) is 0 Å². The van der Waals surface area contributed by atoms with E-state index in [0.29, 0.717) is 11.8 Å². The summed E-state index contributed by atoms with van der Waals surface area (Å²) in [6, 6.07) is 2.22. The van der Waals surface area contributed by atoms with Crippen molar-refractivity contribution >= 4 is 5.91 Å². The number of nitrogens with one attached hydrogen (secondary N) is 1. The number of rotatable bonds is 3. The average molecular weight is 236 g/mol. The topological polar surface area (TPSA) is 45.5 Å². The van der Waals surface area contributed by atoms with Crippen molar-refractivity contribution < 1.29 is 9.21 Å². The molecule has 1 N–H and O–H groups in total. The standard InChI is InChI=1S/C13H20N2O2/c1-9-7-10(2)17-12(9)13(16)15-6-4-5-11(15)8-14-3/h7,11,14H,4-6,8H2,1-3H3/t11-/m0/s1. The Kier molecular flexibility index (Phi) is 3.52. The van der Waals surface area contributed by atoms with Crippen LogP contribution in [-0.2, 0) is 0 Å². The summed E-state index contributed by atoms with van der Waals surface area (Å²) in [4.78, 5) is 14.3. The van der Waals surface area contributed by atoms with Gasteiger partial charge in [-0.15, -0.1) is 0 Å². The van der Waals surface area contributed by atoms with Crippen LogP contribution in [-0.4, -0.2) is 37.0 Å². The number of carbonyl (C=O) groups is 1. The van der Waals surface area contributed by atoms with Crippen LogP contribution in [0.3, 0.4) is 0 Å². The molecular formula is C13H20N2O2. The van der Waals surface area contributed by atoms with Gasteiger partial charge in [-0.2, -0.15) is 0 Å². The van der Waals surface area contributed by atoms with Crippen LogP contribution in [0, 0.1) is 13.8 Å². The fraction of sp³-hybridized carbons (Fsp3) is 0.615. The highest BCUT2D eigenvalue weighted by Gasteiger charge is 2.31. The van der Waals surface area contributed by atoms with Gasteiger partial charge in [0.05, 0.1) is 0 Å². The van der Waals surface area contributed by atoms with Crippen molar-refractivity contribution in [2.75, 3.05) is 20.1 Å². The van der Waals surface area contributed by atoms with Crippen LogP contribution in [0.5, 0.6) is 0 Å². The smallest absolute Gasteiger partial charge is 0.290 e. The zero-order chi connectivity index (χ0) is 12.4. The lowest BCUT2D eigenvalue weighted by molar-refractivity contribution is 0.0702. The Bertz CT molecular complexity index is 412. The molecule has 0 spiro atoms. The van der Waals surface area contributed by atoms with Crippen molar-refractivity contribution in [3.63, 3.8) is 0 Å². The Morgan fingerprint density at radius 2 is 2.35 bits per heavy atom. The van der Waals surface area contributed by atoms with E-state index in [9.17, 15) is 4.79 Å². The maximum Gasteiger partial charge on any atom is 0.290 e. The molecule has 2 heterocycles. The first-order valence-corrected chi connectivity index (χ1v) is 6.16. The molecule has 0 radical (unpaired) electrons. The van der Waals surface area contributed by atoms with Crippen molar-refractivity contribution in [2.24, 2.45) is 0 Å². The molecule has 1 saturated heterocycles. The maximum absolute atomic E-state index is 12.4. The van der Waals surface area contributed by atoms with Gasteiger partial charge in [0.2, 0.25) is 0 Å². The Morgan fingerprint density at radius 3 is 2.94 bits per heavy atom. The Hall–Kier alpha value is -1.29. The van der Waals surface area contributed by atoms with Crippen LogP contribution in [0.25, 0.3) is 0 Å². The number of likely N-dealkylation sites (tertiary alicyclic amines) is 1. The molecule has 1 aromatic rings. The van der Waals surface area contributed by atoms with Crippen molar-refractivity contribution in [2.45, 2.75) is 32.7 Å². The van der Waals surface area contributed by atoms with Gasteiger partial charge >= 0.3 is 0 Å². The van der Waals surface area contributed by atoms with Gasteiger partial charge < -0.3 is 14.6 Å². The third kappa shape index (κ3) is 2.36. The summed E-state index contributed by atoms with van der Waals surface area (Å²) in [5, 5.41) is 3.14. The summed E-state index contributed by atoms with van der Waals surface area (Å²) < 4.78 is 5.50. The second-order valence-corrected chi connectivity index (χ2v) is 4.72. The van der Waals surface area contributed by atoms with Gasteiger partial charge in [-0.1, -0.05) is 0 Å². The van der Waals surface area contributed by atoms with E-state index in [0.717, 1.165) is 37.3 Å². The molecule has 0 aromatic carbocycles. The van der Waals surface area contributed by atoms with Crippen LogP contribution >= 0.6 is 0 Å². The lowest BCUT2D eigenvalue weighted by Gasteiger charge is -2.23. The van der Waals surface area contributed by atoms with Gasteiger partial charge in [-0.05, 0) is 39.8 Å². The summed E-state index contributed by atoms with van der Waals surface area (Å²) in [6.45, 7) is 5.49. The van der Waals surface area contributed by atoms with Gasteiger partial charge in [0.1, 0.15) is 5.76 Å². The highest BCUT2D eigenvalue weighted by atomic mass is 16.4. The molecule has 2 rings (SSSR count). The Balaban J connectivity index is 2.16. The summed E-state index contributed by atoms with van der Waals surface area (Å²) in [5.74, 6) is 1.34. The predicted octanol–water partition coefficient (Wildman–Crippen LogP) is 1.72. The van der Waals surface area contributed by atoms with E-state index in [1.54, 1.807) is 0 Å². The number of hydrogen-bond donors (Lipinski definition) is 1. The fourth-order valence-corrected chi connectivity index (χ4v) is 2.54. The first kappa shape index (κ1) is 12.2. The number of aryl methyl sites for hydroxylation is 2. The molecule has 94 valence electrons.